The molecule has 1 N–H and O–H groups in total. The summed E-state index contributed by atoms with van der Waals surface area (Å²) in [6, 6.07) is 3.01. The van der Waals surface area contributed by atoms with E-state index in [1.54, 1.807) is 5.56 Å². The second kappa shape index (κ2) is 5.34. The van der Waals surface area contributed by atoms with Crippen molar-refractivity contribution in [3.63, 3.8) is 0 Å². The van der Waals surface area contributed by atoms with E-state index in [1.807, 2.05) is 11.3 Å². The van der Waals surface area contributed by atoms with E-state index in [0.29, 0.717) is 6.04 Å². The molecular weight excluding hydrogens is 238 g/mol. The lowest BCUT2D eigenvalue weighted by Gasteiger charge is -2.44. The first-order chi connectivity index (χ1) is 8.46. The van der Waals surface area contributed by atoms with Crippen molar-refractivity contribution >= 4 is 11.3 Å². The SMILES string of the molecule is CNC1CC(C)CCC1C(C)(C)c1ccsc1C. The Hall–Kier alpha value is -0.340. The molecule has 18 heavy (non-hydrogen) atoms. The summed E-state index contributed by atoms with van der Waals surface area (Å²) in [5.74, 6) is 1.63. The zero-order valence-electron chi connectivity index (χ0n) is 12.4. The van der Waals surface area contributed by atoms with E-state index in [4.69, 9.17) is 0 Å². The number of aryl methyl sites for hydroxylation is 1. The molecule has 0 aromatic carbocycles. The highest BCUT2D eigenvalue weighted by atomic mass is 32.1. The molecule has 0 aliphatic heterocycles. The maximum absolute atomic E-state index is 3.58. The fraction of sp³-hybridized carbons (Fsp3) is 0.750. The van der Waals surface area contributed by atoms with Gasteiger partial charge in [0.15, 0.2) is 0 Å². The lowest BCUT2D eigenvalue weighted by molar-refractivity contribution is 0.151. The summed E-state index contributed by atoms with van der Waals surface area (Å²) in [4.78, 5) is 1.49. The molecule has 1 saturated carbocycles. The van der Waals surface area contributed by atoms with Crippen LogP contribution in [0.3, 0.4) is 0 Å². The van der Waals surface area contributed by atoms with Gasteiger partial charge in [-0.1, -0.05) is 27.2 Å². The fourth-order valence-electron chi connectivity index (χ4n) is 3.82. The number of nitrogens with one attached hydrogen (secondary N) is 1. The van der Waals surface area contributed by atoms with Gasteiger partial charge in [-0.05, 0) is 61.1 Å². The fourth-order valence-corrected chi connectivity index (χ4v) is 4.68. The van der Waals surface area contributed by atoms with Crippen LogP contribution in [0.15, 0.2) is 11.4 Å². The van der Waals surface area contributed by atoms with Crippen molar-refractivity contribution in [1.82, 2.24) is 5.32 Å². The van der Waals surface area contributed by atoms with E-state index in [9.17, 15) is 0 Å². The van der Waals surface area contributed by atoms with Gasteiger partial charge in [0, 0.05) is 10.9 Å². The van der Waals surface area contributed by atoms with Crippen molar-refractivity contribution in [3.05, 3.63) is 21.9 Å². The van der Waals surface area contributed by atoms with E-state index in [-0.39, 0.29) is 5.41 Å². The third-order valence-electron chi connectivity index (χ3n) is 4.96. The van der Waals surface area contributed by atoms with Crippen LogP contribution in [0.4, 0.5) is 0 Å². The number of rotatable bonds is 3. The predicted molar refractivity (Wildman–Crippen MR) is 81.4 cm³/mol. The van der Waals surface area contributed by atoms with E-state index < -0.39 is 0 Å². The Balaban J connectivity index is 2.26. The molecule has 1 fully saturated rings. The molecule has 102 valence electrons. The third-order valence-corrected chi connectivity index (χ3v) is 5.81. The zero-order valence-corrected chi connectivity index (χ0v) is 13.2. The van der Waals surface area contributed by atoms with Crippen molar-refractivity contribution < 1.29 is 0 Å². The van der Waals surface area contributed by atoms with Crippen LogP contribution in [-0.2, 0) is 5.41 Å². The van der Waals surface area contributed by atoms with Gasteiger partial charge in [0.2, 0.25) is 0 Å². The molecule has 1 aliphatic carbocycles. The van der Waals surface area contributed by atoms with E-state index in [1.165, 1.54) is 24.1 Å². The molecule has 2 heteroatoms. The smallest absolute Gasteiger partial charge is 0.0103 e. The summed E-state index contributed by atoms with van der Waals surface area (Å²) in [6.07, 6.45) is 4.07. The van der Waals surface area contributed by atoms with Crippen molar-refractivity contribution in [1.29, 1.82) is 0 Å². The molecule has 0 amide bonds. The first-order valence-electron chi connectivity index (χ1n) is 7.18. The van der Waals surface area contributed by atoms with Crippen molar-refractivity contribution in [2.45, 2.75) is 58.4 Å². The molecule has 1 heterocycles. The quantitative estimate of drug-likeness (QED) is 0.856. The Labute approximate surface area is 116 Å². The van der Waals surface area contributed by atoms with Crippen LogP contribution in [0.2, 0.25) is 0 Å². The minimum atomic E-state index is 0.290. The Kier molecular flexibility index (Phi) is 4.18. The summed E-state index contributed by atoms with van der Waals surface area (Å²) in [7, 11) is 2.13. The van der Waals surface area contributed by atoms with Crippen LogP contribution in [0.1, 0.15) is 50.5 Å². The summed E-state index contributed by atoms with van der Waals surface area (Å²) < 4.78 is 0. The maximum Gasteiger partial charge on any atom is 0.0103 e. The van der Waals surface area contributed by atoms with Crippen LogP contribution in [-0.4, -0.2) is 13.1 Å². The number of hydrogen-bond donors (Lipinski definition) is 1. The first-order valence-corrected chi connectivity index (χ1v) is 8.06. The average molecular weight is 265 g/mol. The van der Waals surface area contributed by atoms with Crippen molar-refractivity contribution in [3.8, 4) is 0 Å². The third kappa shape index (κ3) is 2.50. The minimum Gasteiger partial charge on any atom is -0.317 e. The topological polar surface area (TPSA) is 12.0 Å². The van der Waals surface area contributed by atoms with Crippen LogP contribution in [0.5, 0.6) is 0 Å². The van der Waals surface area contributed by atoms with Crippen LogP contribution in [0, 0.1) is 18.8 Å². The molecular formula is C16H27NS. The van der Waals surface area contributed by atoms with Gasteiger partial charge in [0.1, 0.15) is 0 Å². The van der Waals surface area contributed by atoms with E-state index >= 15 is 0 Å². The standard InChI is InChI=1S/C16H27NS/c1-11-6-7-14(15(10-11)17-5)16(3,4)13-8-9-18-12(13)2/h8-9,11,14-15,17H,6-7,10H2,1-5H3. The predicted octanol–water partition coefficient (Wildman–Crippen LogP) is 4.36. The Morgan fingerprint density at radius 3 is 2.61 bits per heavy atom. The molecule has 0 saturated heterocycles. The van der Waals surface area contributed by atoms with E-state index in [2.05, 4.69) is 51.5 Å². The van der Waals surface area contributed by atoms with E-state index in [0.717, 1.165) is 11.8 Å². The molecule has 0 bridgehead atoms. The van der Waals surface area contributed by atoms with Gasteiger partial charge in [0.25, 0.3) is 0 Å². The van der Waals surface area contributed by atoms with Gasteiger partial charge < -0.3 is 5.32 Å². The van der Waals surface area contributed by atoms with Crippen molar-refractivity contribution in [2.24, 2.45) is 11.8 Å². The van der Waals surface area contributed by atoms with Gasteiger partial charge in [-0.2, -0.15) is 0 Å². The molecule has 1 aromatic rings. The highest BCUT2D eigenvalue weighted by molar-refractivity contribution is 7.10. The molecule has 1 nitrogen and oxygen atoms in total. The van der Waals surface area contributed by atoms with Crippen LogP contribution >= 0.6 is 11.3 Å². The number of hydrogen-bond acceptors (Lipinski definition) is 2. The summed E-state index contributed by atoms with van der Waals surface area (Å²) >= 11 is 1.88. The molecule has 3 atom stereocenters. The zero-order chi connectivity index (χ0) is 13.3. The van der Waals surface area contributed by atoms with Crippen LogP contribution < -0.4 is 5.32 Å². The van der Waals surface area contributed by atoms with Gasteiger partial charge in [0.05, 0.1) is 0 Å². The second-order valence-corrected chi connectivity index (χ2v) is 7.65. The van der Waals surface area contributed by atoms with Crippen molar-refractivity contribution in [2.75, 3.05) is 7.05 Å². The Morgan fingerprint density at radius 1 is 1.33 bits per heavy atom. The monoisotopic (exact) mass is 265 g/mol. The largest absolute Gasteiger partial charge is 0.317 e. The summed E-state index contributed by atoms with van der Waals surface area (Å²) in [5.41, 5.74) is 1.85. The first kappa shape index (κ1) is 14.1. The molecule has 1 aliphatic rings. The van der Waals surface area contributed by atoms with Gasteiger partial charge in [-0.25, -0.2) is 0 Å². The van der Waals surface area contributed by atoms with Crippen LogP contribution in [0.25, 0.3) is 0 Å². The summed E-state index contributed by atoms with van der Waals surface area (Å²) in [5, 5.41) is 5.82. The molecule has 1 aromatic heterocycles. The lowest BCUT2D eigenvalue weighted by atomic mass is 9.63. The highest BCUT2D eigenvalue weighted by Crippen LogP contribution is 2.44. The minimum absolute atomic E-state index is 0.290. The highest BCUT2D eigenvalue weighted by Gasteiger charge is 2.40. The molecule has 2 rings (SSSR count). The Bertz CT molecular complexity index is 394. The lowest BCUT2D eigenvalue weighted by Crippen LogP contribution is -2.47. The van der Waals surface area contributed by atoms with Gasteiger partial charge in [-0.3, -0.25) is 0 Å². The normalized spacial score (nSPS) is 29.5. The summed E-state index contributed by atoms with van der Waals surface area (Å²) in [6.45, 7) is 9.53. The average Bonchev–Trinajstić information content (AvgIpc) is 2.75. The second-order valence-electron chi connectivity index (χ2n) is 6.53. The maximum atomic E-state index is 3.58. The Morgan fingerprint density at radius 2 is 2.06 bits per heavy atom. The van der Waals surface area contributed by atoms with Gasteiger partial charge >= 0.3 is 0 Å². The van der Waals surface area contributed by atoms with Gasteiger partial charge in [-0.15, -0.1) is 11.3 Å². The molecule has 0 radical (unpaired) electrons. The molecule has 0 spiro atoms. The molecule has 3 unspecified atom stereocenters. The number of thiophene rings is 1.